The molecule has 0 saturated carbocycles. The first kappa shape index (κ1) is 53.3. The highest BCUT2D eigenvalue weighted by Gasteiger charge is 2.16. The van der Waals surface area contributed by atoms with Crippen LogP contribution >= 0.6 is 45.3 Å². The van der Waals surface area contributed by atoms with E-state index in [1.165, 1.54) is 191 Å². The minimum atomic E-state index is 1.25. The van der Waals surface area contributed by atoms with Gasteiger partial charge < -0.3 is 0 Å². The van der Waals surface area contributed by atoms with E-state index in [1.54, 1.807) is 0 Å². The third kappa shape index (κ3) is 9.28. The predicted molar refractivity (Wildman–Crippen MR) is 407 cm³/mol. The van der Waals surface area contributed by atoms with Gasteiger partial charge in [-0.15, -0.1) is 45.3 Å². The first-order chi connectivity index (χ1) is 45.5. The SMILES string of the molecule is c1ccc(-c2ccc3c(c2)sc2cc4cc(-c5ccc6cc7c(cc6c5)sc5cc(-c6ccccc6)ccc57)ccc4cc23)cc1.c1ccc(-c2ccc3c(c2)sc2cc4ccc(-c5ccc6cc7sc8cc(-c9ccccc9)ccc8c7cc6c5)cc4cc23)cc1. The lowest BCUT2D eigenvalue weighted by Crippen LogP contribution is -1.81. The lowest BCUT2D eigenvalue weighted by Gasteiger charge is -2.07. The molecule has 0 unspecified atom stereocenters. The maximum Gasteiger partial charge on any atom is 0.0361 e. The molecule has 0 aliphatic heterocycles. The number of fused-ring (bicyclic) bond motifs is 16. The molecule has 0 saturated heterocycles. The summed E-state index contributed by atoms with van der Waals surface area (Å²) in [6.07, 6.45) is 0. The highest BCUT2D eigenvalue weighted by atomic mass is 32.1. The van der Waals surface area contributed by atoms with Crippen molar-refractivity contribution in [3.63, 3.8) is 0 Å². The fraction of sp³-hybridized carbons (Fsp3) is 0. The molecule has 0 amide bonds. The van der Waals surface area contributed by atoms with Crippen LogP contribution in [0.15, 0.2) is 315 Å². The molecule has 4 heteroatoms. The van der Waals surface area contributed by atoms with Gasteiger partial charge in [0.1, 0.15) is 0 Å². The third-order valence-corrected chi connectivity index (χ3v) is 23.3. The third-order valence-electron chi connectivity index (χ3n) is 18.8. The minimum Gasteiger partial charge on any atom is -0.135 e. The van der Waals surface area contributed by atoms with Crippen LogP contribution in [-0.4, -0.2) is 0 Å². The predicted octanol–water partition coefficient (Wildman–Crippen LogP) is 27.5. The molecular weight excluding hydrogens is 1190 g/mol. The summed E-state index contributed by atoms with van der Waals surface area (Å²) in [5.41, 5.74) is 15.1. The van der Waals surface area contributed by atoms with E-state index in [-0.39, 0.29) is 0 Å². The van der Waals surface area contributed by atoms with Crippen molar-refractivity contribution >= 4 is 169 Å². The first-order valence-corrected chi connectivity index (χ1v) is 34.6. The number of rotatable bonds is 6. The number of hydrogen-bond acceptors (Lipinski definition) is 4. The summed E-state index contributed by atoms with van der Waals surface area (Å²) >= 11 is 7.56. The molecule has 0 bridgehead atoms. The molecule has 20 rings (SSSR count). The number of benzene rings is 16. The zero-order valence-corrected chi connectivity index (χ0v) is 52.9. The molecule has 4 aromatic heterocycles. The molecule has 0 nitrogen and oxygen atoms in total. The van der Waals surface area contributed by atoms with Gasteiger partial charge in [0, 0.05) is 80.7 Å². The van der Waals surface area contributed by atoms with Gasteiger partial charge in [0.05, 0.1) is 0 Å². The van der Waals surface area contributed by atoms with Crippen LogP contribution in [0.1, 0.15) is 0 Å². The Balaban J connectivity index is 0.000000132. The molecular formula is C88H52S4. The maximum atomic E-state index is 2.39. The van der Waals surface area contributed by atoms with Gasteiger partial charge in [0.2, 0.25) is 0 Å². The highest BCUT2D eigenvalue weighted by molar-refractivity contribution is 7.27. The second-order valence-electron chi connectivity index (χ2n) is 24.4. The Kier molecular flexibility index (Phi) is 12.5. The zero-order chi connectivity index (χ0) is 60.4. The second-order valence-corrected chi connectivity index (χ2v) is 28.7. The summed E-state index contributed by atoms with van der Waals surface area (Å²) in [6, 6.07) is 117. The van der Waals surface area contributed by atoms with Crippen molar-refractivity contribution in [1.82, 2.24) is 0 Å². The Labute approximate surface area is 547 Å². The zero-order valence-electron chi connectivity index (χ0n) is 49.7. The molecule has 0 aliphatic carbocycles. The van der Waals surface area contributed by atoms with Crippen LogP contribution < -0.4 is 0 Å². The van der Waals surface area contributed by atoms with E-state index < -0.39 is 0 Å². The van der Waals surface area contributed by atoms with Gasteiger partial charge >= 0.3 is 0 Å². The second kappa shape index (κ2) is 21.6. The van der Waals surface area contributed by atoms with Crippen LogP contribution in [0.2, 0.25) is 0 Å². The van der Waals surface area contributed by atoms with Crippen molar-refractivity contribution in [2.24, 2.45) is 0 Å². The van der Waals surface area contributed by atoms with Gasteiger partial charge in [-0.1, -0.05) is 218 Å². The fourth-order valence-electron chi connectivity index (χ4n) is 14.0. The van der Waals surface area contributed by atoms with Gasteiger partial charge in [-0.25, -0.2) is 0 Å². The van der Waals surface area contributed by atoms with Crippen LogP contribution in [0.3, 0.4) is 0 Å². The summed E-state index contributed by atoms with van der Waals surface area (Å²) in [6.45, 7) is 0. The average molecular weight is 1240 g/mol. The minimum absolute atomic E-state index is 1.25. The lowest BCUT2D eigenvalue weighted by atomic mass is 9.97. The summed E-state index contributed by atoms with van der Waals surface area (Å²) in [5.74, 6) is 0. The summed E-state index contributed by atoms with van der Waals surface area (Å²) in [7, 11) is 0. The Morgan fingerprint density at radius 2 is 0.315 bits per heavy atom. The fourth-order valence-corrected chi connectivity index (χ4v) is 18.7. The molecule has 0 atom stereocenters. The molecule has 0 radical (unpaired) electrons. The molecule has 16 aromatic carbocycles. The largest absolute Gasteiger partial charge is 0.135 e. The van der Waals surface area contributed by atoms with Gasteiger partial charge in [-0.05, 0) is 207 Å². The van der Waals surface area contributed by atoms with Crippen LogP contribution in [0.25, 0.3) is 191 Å². The van der Waals surface area contributed by atoms with E-state index in [4.69, 9.17) is 0 Å². The quantitative estimate of drug-likeness (QED) is 0.156. The Hall–Kier alpha value is -10.6. The summed E-state index contributed by atoms with van der Waals surface area (Å²) in [5, 5.41) is 21.0. The van der Waals surface area contributed by atoms with Crippen molar-refractivity contribution < 1.29 is 0 Å². The van der Waals surface area contributed by atoms with Crippen molar-refractivity contribution in [3.05, 3.63) is 315 Å². The van der Waals surface area contributed by atoms with Crippen LogP contribution in [-0.2, 0) is 0 Å². The van der Waals surface area contributed by atoms with E-state index in [1.807, 2.05) is 45.3 Å². The van der Waals surface area contributed by atoms with Crippen LogP contribution in [0.4, 0.5) is 0 Å². The molecule has 0 N–H and O–H groups in total. The number of thiophene rings is 4. The first-order valence-electron chi connectivity index (χ1n) is 31.3. The normalized spacial score (nSPS) is 11.9. The molecule has 4 heterocycles. The monoisotopic (exact) mass is 1240 g/mol. The van der Waals surface area contributed by atoms with E-state index in [0.29, 0.717) is 0 Å². The highest BCUT2D eigenvalue weighted by Crippen LogP contribution is 2.45. The van der Waals surface area contributed by atoms with Gasteiger partial charge in [-0.2, -0.15) is 0 Å². The molecule has 0 fully saturated rings. The lowest BCUT2D eigenvalue weighted by molar-refractivity contribution is 1.66. The van der Waals surface area contributed by atoms with Crippen molar-refractivity contribution in [2.75, 3.05) is 0 Å². The smallest absolute Gasteiger partial charge is 0.0361 e. The Morgan fingerprint density at radius 1 is 0.120 bits per heavy atom. The van der Waals surface area contributed by atoms with E-state index in [0.717, 1.165) is 0 Å². The van der Waals surface area contributed by atoms with E-state index >= 15 is 0 Å². The van der Waals surface area contributed by atoms with Crippen LogP contribution in [0, 0.1) is 0 Å². The standard InChI is InChI=1S/2C44H26S2/c1-3-7-27(8-4-1)31-15-17-37-39-21-35-19-29(11-13-33(35)25-43(39)45-41(37)23-31)30-12-14-34-26-44-40(22-36(34)20-30)38-18-16-32(24-42(38)46-44)28-9-5-2-6-10-28;1-3-7-27(8-4-1)33-15-17-37-39-21-31-13-11-29(19-35(31)25-43(39)45-41(37)23-33)30-12-14-32-22-40-38-18-16-34(28-9-5-2-6-10-28)24-42(38)46-44(40)26-36(32)20-30/h2*1-26H. The molecule has 20 aromatic rings. The summed E-state index contributed by atoms with van der Waals surface area (Å²) in [4.78, 5) is 0. The Morgan fingerprint density at radius 3 is 0.587 bits per heavy atom. The average Bonchev–Trinajstić information content (AvgIpc) is 1.73. The van der Waals surface area contributed by atoms with Crippen molar-refractivity contribution in [2.45, 2.75) is 0 Å². The van der Waals surface area contributed by atoms with Crippen molar-refractivity contribution in [1.29, 1.82) is 0 Å². The molecule has 92 heavy (non-hydrogen) atoms. The van der Waals surface area contributed by atoms with Crippen molar-refractivity contribution in [3.8, 4) is 66.8 Å². The number of hydrogen-bond donors (Lipinski definition) is 0. The molecule has 0 spiro atoms. The maximum absolute atomic E-state index is 2.39. The molecule has 428 valence electrons. The van der Waals surface area contributed by atoms with Gasteiger partial charge in [0.15, 0.2) is 0 Å². The topological polar surface area (TPSA) is 0 Å². The summed E-state index contributed by atoms with van der Waals surface area (Å²) < 4.78 is 10.7. The van der Waals surface area contributed by atoms with E-state index in [9.17, 15) is 0 Å². The van der Waals surface area contributed by atoms with Gasteiger partial charge in [-0.3, -0.25) is 0 Å². The van der Waals surface area contributed by atoms with Crippen LogP contribution in [0.5, 0.6) is 0 Å². The molecule has 0 aliphatic rings. The van der Waals surface area contributed by atoms with E-state index in [2.05, 4.69) is 315 Å². The van der Waals surface area contributed by atoms with Gasteiger partial charge in [0.25, 0.3) is 0 Å². The Bertz CT molecular complexity index is 5960.